The second-order valence-electron chi connectivity index (χ2n) is 11.9. The van der Waals surface area contributed by atoms with E-state index in [1.165, 1.54) is 24.3 Å². The van der Waals surface area contributed by atoms with E-state index in [4.69, 9.17) is 20.3 Å². The fourth-order valence-corrected chi connectivity index (χ4v) is 6.59. The molecule has 18 heteroatoms. The van der Waals surface area contributed by atoms with Crippen molar-refractivity contribution in [1.29, 1.82) is 5.41 Å². The second-order valence-corrected chi connectivity index (χ2v) is 14.6. The standard InChI is InChI=1S/C31H34N4O12S2/c1-31(2,3)47-30(39)35-14-6-4-5-13-34-28(36)16-7-8-17(29(37)38)20(15-16)23-18-9-11-21(32)26(48(40,41)42)24(18)46-25-19(23)10-12-22(33)27(25)49(43,44)45/h7-12,15,32H,4-6,13-14,33H2,1-3H3,(H,34,36)(H,35,39)(H,37,38)(H,40,41,42)(H,43,44,45). The molecule has 0 radical (unpaired) electrons. The number of hydrogen-bond acceptors (Lipinski definition) is 11. The topological polar surface area (TPSA) is 276 Å². The van der Waals surface area contributed by atoms with Crippen LogP contribution < -0.4 is 21.7 Å². The van der Waals surface area contributed by atoms with E-state index in [1.807, 2.05) is 0 Å². The van der Waals surface area contributed by atoms with Crippen molar-refractivity contribution in [3.8, 4) is 22.5 Å². The predicted molar refractivity (Wildman–Crippen MR) is 176 cm³/mol. The van der Waals surface area contributed by atoms with Crippen molar-refractivity contribution in [3.05, 3.63) is 58.9 Å². The number of hydrogen-bond donors (Lipinski definition) is 7. The van der Waals surface area contributed by atoms with Crippen LogP contribution in [0.3, 0.4) is 0 Å². The van der Waals surface area contributed by atoms with E-state index in [2.05, 4.69) is 10.6 Å². The number of fused-ring (bicyclic) bond motifs is 2. The number of nitrogen functional groups attached to an aromatic ring is 1. The summed E-state index contributed by atoms with van der Waals surface area (Å²) in [5.74, 6) is -2.81. The van der Waals surface area contributed by atoms with Gasteiger partial charge in [-0.1, -0.05) is 0 Å². The minimum absolute atomic E-state index is 0.0220. The van der Waals surface area contributed by atoms with Crippen molar-refractivity contribution in [2.24, 2.45) is 0 Å². The summed E-state index contributed by atoms with van der Waals surface area (Å²) >= 11 is 0. The Labute approximate surface area is 280 Å². The number of ether oxygens (including phenoxy) is 1. The van der Waals surface area contributed by atoms with Crippen molar-refractivity contribution < 1.29 is 54.6 Å². The first kappa shape index (κ1) is 36.8. The molecule has 0 unspecified atom stereocenters. The van der Waals surface area contributed by atoms with Crippen LogP contribution in [0.15, 0.2) is 56.7 Å². The molecule has 0 fully saturated rings. The molecule has 49 heavy (non-hydrogen) atoms. The van der Waals surface area contributed by atoms with Gasteiger partial charge < -0.3 is 30.6 Å². The molecule has 1 aliphatic heterocycles. The molecule has 4 rings (SSSR count). The molecule has 16 nitrogen and oxygen atoms in total. The minimum Gasteiger partial charge on any atom is -0.478 e. The molecule has 2 aliphatic rings. The van der Waals surface area contributed by atoms with Gasteiger partial charge in [0.1, 0.15) is 5.60 Å². The fraction of sp³-hybridized carbons (Fsp3) is 0.290. The Balaban J connectivity index is 1.77. The summed E-state index contributed by atoms with van der Waals surface area (Å²) < 4.78 is 80.5. The van der Waals surface area contributed by atoms with Crippen LogP contribution in [-0.2, 0) is 25.0 Å². The molecule has 1 heterocycles. The van der Waals surface area contributed by atoms with Gasteiger partial charge in [0.15, 0.2) is 21.1 Å². The molecule has 262 valence electrons. The molecule has 0 spiro atoms. The third-order valence-electron chi connectivity index (χ3n) is 7.10. The van der Waals surface area contributed by atoms with Gasteiger partial charge in [0.25, 0.3) is 26.1 Å². The van der Waals surface area contributed by atoms with Crippen molar-refractivity contribution in [2.45, 2.75) is 55.4 Å². The zero-order chi connectivity index (χ0) is 36.5. The highest BCUT2D eigenvalue weighted by atomic mass is 32.2. The van der Waals surface area contributed by atoms with Crippen LogP contribution in [-0.4, -0.2) is 67.7 Å². The number of aromatic carboxylic acids is 1. The summed E-state index contributed by atoms with van der Waals surface area (Å²) in [6.07, 6.45) is 1.23. The zero-order valence-corrected chi connectivity index (χ0v) is 28.1. The van der Waals surface area contributed by atoms with Crippen molar-refractivity contribution >= 4 is 54.9 Å². The number of rotatable bonds is 11. The lowest BCUT2D eigenvalue weighted by atomic mass is 9.89. The largest absolute Gasteiger partial charge is 0.478 e. The highest BCUT2D eigenvalue weighted by molar-refractivity contribution is 7.86. The highest BCUT2D eigenvalue weighted by Gasteiger charge is 2.32. The normalized spacial score (nSPS) is 12.2. The van der Waals surface area contributed by atoms with E-state index >= 15 is 0 Å². The average molecular weight is 719 g/mol. The first-order valence-corrected chi connectivity index (χ1v) is 17.5. The molecular formula is C31H34N4O12S2. The Morgan fingerprint density at radius 2 is 1.51 bits per heavy atom. The lowest BCUT2D eigenvalue weighted by Crippen LogP contribution is -2.33. The van der Waals surface area contributed by atoms with Crippen LogP contribution in [0.4, 0.5) is 10.5 Å². The van der Waals surface area contributed by atoms with Crippen LogP contribution in [0, 0.1) is 5.41 Å². The number of alkyl carbamates (subject to hydrolysis) is 1. The fourth-order valence-electron chi connectivity index (χ4n) is 5.11. The van der Waals surface area contributed by atoms with Crippen molar-refractivity contribution in [2.75, 3.05) is 18.8 Å². The number of nitrogens with two attached hydrogens (primary N) is 1. The van der Waals surface area contributed by atoms with Gasteiger partial charge in [-0.15, -0.1) is 0 Å². The van der Waals surface area contributed by atoms with Crippen LogP contribution in [0.25, 0.3) is 33.4 Å². The minimum atomic E-state index is -5.20. The van der Waals surface area contributed by atoms with E-state index in [9.17, 15) is 45.4 Å². The van der Waals surface area contributed by atoms with E-state index in [-0.39, 0.29) is 34.2 Å². The molecule has 0 saturated carbocycles. The summed E-state index contributed by atoms with van der Waals surface area (Å²) in [5, 5.41) is 22.7. The predicted octanol–water partition coefficient (Wildman–Crippen LogP) is 3.88. The number of carbonyl (C=O) groups is 3. The second kappa shape index (κ2) is 13.8. The zero-order valence-electron chi connectivity index (χ0n) is 26.5. The Morgan fingerprint density at radius 3 is 2.10 bits per heavy atom. The van der Waals surface area contributed by atoms with Crippen LogP contribution in [0.2, 0.25) is 0 Å². The first-order valence-electron chi connectivity index (χ1n) is 14.6. The molecule has 2 amide bonds. The smallest absolute Gasteiger partial charge is 0.407 e. The molecule has 2 aromatic carbocycles. The van der Waals surface area contributed by atoms with E-state index < -0.39 is 81.5 Å². The molecule has 0 bridgehead atoms. The number of nitrogens with one attached hydrogen (secondary N) is 3. The number of amides is 2. The summed E-state index contributed by atoms with van der Waals surface area (Å²) in [6.45, 7) is 5.82. The summed E-state index contributed by atoms with van der Waals surface area (Å²) in [6, 6.07) is 8.11. The maximum atomic E-state index is 13.2. The van der Waals surface area contributed by atoms with Gasteiger partial charge in [0, 0.05) is 35.2 Å². The lowest BCUT2D eigenvalue weighted by molar-refractivity contribution is 0.0526. The Bertz CT molecular complexity index is 2220. The summed E-state index contributed by atoms with van der Waals surface area (Å²) in [5.41, 5.74) is 3.07. The van der Waals surface area contributed by atoms with Gasteiger partial charge in [-0.3, -0.25) is 19.3 Å². The summed E-state index contributed by atoms with van der Waals surface area (Å²) in [7, 11) is -10.3. The van der Waals surface area contributed by atoms with Crippen LogP contribution in [0.1, 0.15) is 60.7 Å². The number of anilines is 1. The van der Waals surface area contributed by atoms with Crippen LogP contribution in [0.5, 0.6) is 0 Å². The quantitative estimate of drug-likeness (QED) is 0.0502. The number of unbranched alkanes of at least 4 members (excludes halogenated alkanes) is 2. The van der Waals surface area contributed by atoms with Crippen LogP contribution >= 0.6 is 0 Å². The van der Waals surface area contributed by atoms with Gasteiger partial charge >= 0.3 is 12.1 Å². The molecular weight excluding hydrogens is 684 g/mol. The molecule has 8 N–H and O–H groups in total. The number of benzene rings is 3. The lowest BCUT2D eigenvalue weighted by Gasteiger charge is -2.20. The maximum Gasteiger partial charge on any atom is 0.407 e. The third-order valence-corrected chi connectivity index (χ3v) is 8.96. The van der Waals surface area contributed by atoms with Gasteiger partial charge in [-0.05, 0) is 88.1 Å². The van der Waals surface area contributed by atoms with Crippen molar-refractivity contribution in [1.82, 2.24) is 10.6 Å². The molecule has 0 aromatic heterocycles. The molecule has 2 aromatic rings. The highest BCUT2D eigenvalue weighted by Crippen LogP contribution is 2.45. The number of carboxylic acids is 1. The average Bonchev–Trinajstić information content (AvgIpc) is 2.96. The molecule has 0 atom stereocenters. The monoisotopic (exact) mass is 718 g/mol. The Kier molecular flexibility index (Phi) is 10.4. The maximum absolute atomic E-state index is 13.2. The van der Waals surface area contributed by atoms with E-state index in [1.54, 1.807) is 20.8 Å². The van der Waals surface area contributed by atoms with Gasteiger partial charge in [-0.2, -0.15) is 16.8 Å². The third kappa shape index (κ3) is 8.34. The van der Waals surface area contributed by atoms with Gasteiger partial charge in [0.2, 0.25) is 0 Å². The Hall–Kier alpha value is -5.04. The Morgan fingerprint density at radius 1 is 0.878 bits per heavy atom. The van der Waals surface area contributed by atoms with E-state index in [0.717, 1.165) is 18.2 Å². The van der Waals surface area contributed by atoms with E-state index in [0.29, 0.717) is 25.8 Å². The summed E-state index contributed by atoms with van der Waals surface area (Å²) in [4.78, 5) is 35.4. The van der Waals surface area contributed by atoms with Gasteiger partial charge in [0.05, 0.1) is 16.6 Å². The number of carboxylic acid groups (broad SMARTS) is 1. The van der Waals surface area contributed by atoms with Gasteiger partial charge in [-0.25, -0.2) is 9.59 Å². The molecule has 1 aliphatic carbocycles. The molecule has 0 saturated heterocycles. The first-order chi connectivity index (χ1) is 22.7. The number of carbonyl (C=O) groups excluding carboxylic acids is 2. The SMILES string of the molecule is CC(C)(C)OC(=O)NCCCCCNC(=O)c1ccc(C(=O)O)c(-c2c3ccc(=N)c(S(=O)(=O)O)c-3oc3c(S(=O)(=O)O)c(N)ccc23)c1. The van der Waals surface area contributed by atoms with Crippen molar-refractivity contribution in [3.63, 3.8) is 0 Å².